The maximum absolute atomic E-state index is 12.7. The number of ether oxygens (including phenoxy) is 1. The molecule has 0 bridgehead atoms. The van der Waals surface area contributed by atoms with Crippen LogP contribution in [0.15, 0.2) is 54.6 Å². The summed E-state index contributed by atoms with van der Waals surface area (Å²) in [6.07, 6.45) is 0. The highest BCUT2D eigenvalue weighted by Crippen LogP contribution is 2.32. The molecule has 4 nitrogen and oxygen atoms in total. The number of hydrogen-bond donors (Lipinski definition) is 0. The van der Waals surface area contributed by atoms with Crippen LogP contribution < -0.4 is 14.5 Å². The van der Waals surface area contributed by atoms with Gasteiger partial charge in [0, 0.05) is 18.8 Å². The third-order valence-electron chi connectivity index (χ3n) is 3.53. The summed E-state index contributed by atoms with van der Waals surface area (Å²) in [5, 5.41) is 0. The SMILES string of the molecule is CCOc1ccccc1N1CCN(c2ccccc2)C1=O. The van der Waals surface area contributed by atoms with E-state index in [9.17, 15) is 4.79 Å². The van der Waals surface area contributed by atoms with E-state index in [-0.39, 0.29) is 6.03 Å². The topological polar surface area (TPSA) is 32.8 Å². The minimum absolute atomic E-state index is 0.00615. The molecule has 2 aromatic carbocycles. The van der Waals surface area contributed by atoms with Crippen molar-refractivity contribution >= 4 is 17.4 Å². The van der Waals surface area contributed by atoms with E-state index in [1.165, 1.54) is 0 Å². The monoisotopic (exact) mass is 282 g/mol. The summed E-state index contributed by atoms with van der Waals surface area (Å²) >= 11 is 0. The molecule has 0 N–H and O–H groups in total. The van der Waals surface area contributed by atoms with Crippen molar-refractivity contribution in [2.75, 3.05) is 29.5 Å². The molecule has 108 valence electrons. The van der Waals surface area contributed by atoms with Crippen LogP contribution in [0.2, 0.25) is 0 Å². The zero-order valence-electron chi connectivity index (χ0n) is 12.0. The first-order valence-corrected chi connectivity index (χ1v) is 7.17. The number of amides is 2. The maximum atomic E-state index is 12.7. The van der Waals surface area contributed by atoms with Gasteiger partial charge in [-0.3, -0.25) is 9.80 Å². The molecule has 0 radical (unpaired) electrons. The van der Waals surface area contributed by atoms with Gasteiger partial charge in [-0.2, -0.15) is 0 Å². The second-order valence-electron chi connectivity index (χ2n) is 4.82. The number of anilines is 2. The van der Waals surface area contributed by atoms with Crippen LogP contribution in [-0.4, -0.2) is 25.7 Å². The Labute approximate surface area is 124 Å². The van der Waals surface area contributed by atoms with Gasteiger partial charge in [0.05, 0.1) is 12.3 Å². The van der Waals surface area contributed by atoms with Crippen LogP contribution in [0.3, 0.4) is 0 Å². The molecule has 21 heavy (non-hydrogen) atoms. The van der Waals surface area contributed by atoms with Crippen molar-refractivity contribution < 1.29 is 9.53 Å². The lowest BCUT2D eigenvalue weighted by molar-refractivity contribution is 0.255. The fourth-order valence-electron chi connectivity index (χ4n) is 2.57. The molecule has 0 aromatic heterocycles. The van der Waals surface area contributed by atoms with Gasteiger partial charge in [-0.15, -0.1) is 0 Å². The molecule has 0 unspecified atom stereocenters. The van der Waals surface area contributed by atoms with Crippen LogP contribution in [-0.2, 0) is 0 Å². The molecule has 1 aliphatic rings. The quantitative estimate of drug-likeness (QED) is 0.859. The van der Waals surface area contributed by atoms with Crippen LogP contribution in [0.1, 0.15) is 6.92 Å². The smallest absolute Gasteiger partial charge is 0.329 e. The van der Waals surface area contributed by atoms with Gasteiger partial charge in [0.2, 0.25) is 0 Å². The summed E-state index contributed by atoms with van der Waals surface area (Å²) in [6.45, 7) is 3.88. The van der Waals surface area contributed by atoms with Crippen LogP contribution in [0.25, 0.3) is 0 Å². The van der Waals surface area contributed by atoms with Crippen molar-refractivity contribution in [3.05, 3.63) is 54.6 Å². The van der Waals surface area contributed by atoms with Gasteiger partial charge in [-0.25, -0.2) is 4.79 Å². The summed E-state index contributed by atoms with van der Waals surface area (Å²) in [6, 6.07) is 17.4. The second-order valence-corrected chi connectivity index (χ2v) is 4.82. The van der Waals surface area contributed by atoms with E-state index in [4.69, 9.17) is 4.74 Å². The van der Waals surface area contributed by atoms with Gasteiger partial charge in [-0.05, 0) is 31.2 Å². The molecule has 1 saturated heterocycles. The molecule has 4 heteroatoms. The van der Waals surface area contributed by atoms with Crippen molar-refractivity contribution in [1.82, 2.24) is 0 Å². The van der Waals surface area contributed by atoms with Crippen molar-refractivity contribution in [1.29, 1.82) is 0 Å². The third-order valence-corrected chi connectivity index (χ3v) is 3.53. The number of carbonyl (C=O) groups is 1. The number of benzene rings is 2. The third kappa shape index (κ3) is 2.57. The largest absolute Gasteiger partial charge is 0.492 e. The van der Waals surface area contributed by atoms with E-state index in [1.54, 1.807) is 9.80 Å². The number of nitrogens with zero attached hydrogens (tertiary/aromatic N) is 2. The van der Waals surface area contributed by atoms with Gasteiger partial charge < -0.3 is 4.74 Å². The molecule has 0 aliphatic carbocycles. The zero-order chi connectivity index (χ0) is 14.7. The lowest BCUT2D eigenvalue weighted by Gasteiger charge is -2.21. The van der Waals surface area contributed by atoms with Gasteiger partial charge in [0.1, 0.15) is 5.75 Å². The van der Waals surface area contributed by atoms with Crippen molar-refractivity contribution in [3.63, 3.8) is 0 Å². The van der Waals surface area contributed by atoms with E-state index in [1.807, 2.05) is 61.5 Å². The summed E-state index contributed by atoms with van der Waals surface area (Å²) in [5.41, 5.74) is 1.77. The average molecular weight is 282 g/mol. The lowest BCUT2D eigenvalue weighted by Crippen LogP contribution is -2.31. The molecule has 0 atom stereocenters. The molecule has 2 aromatic rings. The van der Waals surface area contributed by atoms with Crippen LogP contribution in [0.4, 0.5) is 16.2 Å². The minimum atomic E-state index is -0.00615. The highest BCUT2D eigenvalue weighted by atomic mass is 16.5. The molecule has 0 spiro atoms. The Balaban J connectivity index is 1.87. The summed E-state index contributed by atoms with van der Waals surface area (Å²) in [5.74, 6) is 0.753. The van der Waals surface area contributed by atoms with Crippen LogP contribution in [0.5, 0.6) is 5.75 Å². The fraction of sp³-hybridized carbons (Fsp3) is 0.235. The van der Waals surface area contributed by atoms with Gasteiger partial charge in [-0.1, -0.05) is 30.3 Å². The van der Waals surface area contributed by atoms with Gasteiger partial charge in [0.25, 0.3) is 0 Å². The number of carbonyl (C=O) groups excluding carboxylic acids is 1. The Hall–Kier alpha value is -2.49. The van der Waals surface area contributed by atoms with E-state index in [2.05, 4.69) is 0 Å². The molecule has 2 amide bonds. The number of urea groups is 1. The average Bonchev–Trinajstić information content (AvgIpc) is 2.91. The first kappa shape index (κ1) is 13.5. The summed E-state index contributed by atoms with van der Waals surface area (Å²) < 4.78 is 5.63. The Bertz CT molecular complexity index is 628. The lowest BCUT2D eigenvalue weighted by atomic mass is 10.2. The van der Waals surface area contributed by atoms with E-state index >= 15 is 0 Å². The Morgan fingerprint density at radius 3 is 2.38 bits per heavy atom. The predicted octanol–water partition coefficient (Wildman–Crippen LogP) is 3.53. The van der Waals surface area contributed by atoms with E-state index in [0.29, 0.717) is 19.7 Å². The van der Waals surface area contributed by atoms with Gasteiger partial charge in [0.15, 0.2) is 0 Å². The Kier molecular flexibility index (Phi) is 3.77. The number of hydrogen-bond acceptors (Lipinski definition) is 2. The molecular weight excluding hydrogens is 264 g/mol. The van der Waals surface area contributed by atoms with Crippen molar-refractivity contribution in [2.24, 2.45) is 0 Å². The first-order valence-electron chi connectivity index (χ1n) is 7.17. The highest BCUT2D eigenvalue weighted by molar-refractivity contribution is 6.06. The van der Waals surface area contributed by atoms with Crippen molar-refractivity contribution in [2.45, 2.75) is 6.92 Å². The Morgan fingerprint density at radius 1 is 0.952 bits per heavy atom. The second kappa shape index (κ2) is 5.87. The van der Waals surface area contributed by atoms with E-state index in [0.717, 1.165) is 17.1 Å². The van der Waals surface area contributed by atoms with E-state index < -0.39 is 0 Å². The molecule has 1 aliphatic heterocycles. The Morgan fingerprint density at radius 2 is 1.62 bits per heavy atom. The van der Waals surface area contributed by atoms with Crippen molar-refractivity contribution in [3.8, 4) is 5.75 Å². The first-order chi connectivity index (χ1) is 10.3. The number of para-hydroxylation sites is 3. The minimum Gasteiger partial charge on any atom is -0.492 e. The molecule has 1 heterocycles. The standard InChI is InChI=1S/C17H18N2O2/c1-2-21-16-11-7-6-10-15(16)19-13-12-18(17(19)20)14-8-4-3-5-9-14/h3-11H,2,12-13H2,1H3. The zero-order valence-corrected chi connectivity index (χ0v) is 12.0. The normalized spacial score (nSPS) is 14.6. The van der Waals surface area contributed by atoms with Crippen LogP contribution >= 0.6 is 0 Å². The fourth-order valence-corrected chi connectivity index (χ4v) is 2.57. The maximum Gasteiger partial charge on any atom is 0.329 e. The van der Waals surface area contributed by atoms with Gasteiger partial charge >= 0.3 is 6.03 Å². The highest BCUT2D eigenvalue weighted by Gasteiger charge is 2.31. The molecule has 0 saturated carbocycles. The summed E-state index contributed by atoms with van der Waals surface area (Å²) in [7, 11) is 0. The molecule has 3 rings (SSSR count). The number of rotatable bonds is 4. The van der Waals surface area contributed by atoms with Crippen LogP contribution in [0, 0.1) is 0 Å². The summed E-state index contributed by atoms with van der Waals surface area (Å²) in [4.78, 5) is 16.2. The molecule has 1 fully saturated rings. The molecular formula is C17H18N2O2. The predicted molar refractivity (Wildman–Crippen MR) is 84.1 cm³/mol.